The van der Waals surface area contributed by atoms with Gasteiger partial charge in [0.05, 0.1) is 6.54 Å². The number of nitrogens with one attached hydrogen (secondary N) is 2. The van der Waals surface area contributed by atoms with Gasteiger partial charge in [-0.15, -0.1) is 0 Å². The molecule has 118 valence electrons. The average molecular weight is 303 g/mol. The Morgan fingerprint density at radius 3 is 2.62 bits per heavy atom. The van der Waals surface area contributed by atoms with Gasteiger partial charge >= 0.3 is 0 Å². The molecule has 0 aliphatic rings. The first-order valence-corrected chi connectivity index (χ1v) is 6.74. The zero-order chi connectivity index (χ0) is 15.7. The largest absolute Gasteiger partial charge is 0.486 e. The molecule has 0 saturated heterocycles. The second kappa shape index (κ2) is 9.10. The summed E-state index contributed by atoms with van der Waals surface area (Å²) in [6.45, 7) is 3.87. The quantitative estimate of drug-likeness (QED) is 0.600. The Kier molecular flexibility index (Phi) is 7.42. The second-order valence-electron chi connectivity index (χ2n) is 4.35. The third kappa shape index (κ3) is 6.87. The van der Waals surface area contributed by atoms with Crippen LogP contribution in [0.25, 0.3) is 0 Å². The molecule has 4 nitrogen and oxygen atoms in total. The van der Waals surface area contributed by atoms with Crippen LogP contribution < -0.4 is 15.4 Å². The van der Waals surface area contributed by atoms with E-state index < -0.39 is 18.8 Å². The van der Waals surface area contributed by atoms with Crippen LogP contribution in [0.15, 0.2) is 29.3 Å². The standard InChI is InChI=1S/C14H20F3N3O/c1-3-18-14(20-9-13(16)17)19-8-10(2)21-12-7-5-4-6-11(12)15/h4-7,10,13H,3,8-9H2,1-2H3,(H2,18,19,20). The van der Waals surface area contributed by atoms with Crippen LogP contribution >= 0.6 is 0 Å². The maximum Gasteiger partial charge on any atom is 0.257 e. The van der Waals surface area contributed by atoms with Gasteiger partial charge in [-0.1, -0.05) is 12.1 Å². The van der Waals surface area contributed by atoms with Crippen LogP contribution in [0.1, 0.15) is 13.8 Å². The molecule has 0 radical (unpaired) electrons. The van der Waals surface area contributed by atoms with Crippen LogP contribution in [0.4, 0.5) is 13.2 Å². The summed E-state index contributed by atoms with van der Waals surface area (Å²) in [5, 5.41) is 5.72. The maximum absolute atomic E-state index is 13.4. The monoisotopic (exact) mass is 303 g/mol. The van der Waals surface area contributed by atoms with Crippen LogP contribution in [0.5, 0.6) is 5.75 Å². The van der Waals surface area contributed by atoms with Crippen molar-refractivity contribution in [2.45, 2.75) is 26.4 Å². The predicted molar refractivity (Wildman–Crippen MR) is 76.5 cm³/mol. The maximum atomic E-state index is 13.4. The summed E-state index contributed by atoms with van der Waals surface area (Å²) in [4.78, 5) is 3.72. The number of nitrogens with zero attached hydrogens (tertiary/aromatic N) is 1. The highest BCUT2D eigenvalue weighted by Gasteiger charge is 2.09. The molecule has 1 rings (SSSR count). The Labute approximate surface area is 122 Å². The van der Waals surface area contributed by atoms with E-state index in [4.69, 9.17) is 4.74 Å². The number of halogens is 3. The highest BCUT2D eigenvalue weighted by Crippen LogP contribution is 2.16. The predicted octanol–water partition coefficient (Wildman–Crippen LogP) is 2.41. The summed E-state index contributed by atoms with van der Waals surface area (Å²) in [5.41, 5.74) is 0. The molecule has 1 aromatic rings. The van der Waals surface area contributed by atoms with E-state index in [1.165, 1.54) is 12.1 Å². The van der Waals surface area contributed by atoms with Gasteiger partial charge in [-0.2, -0.15) is 0 Å². The molecule has 7 heteroatoms. The van der Waals surface area contributed by atoms with E-state index in [2.05, 4.69) is 15.6 Å². The highest BCUT2D eigenvalue weighted by molar-refractivity contribution is 5.79. The van der Waals surface area contributed by atoms with Crippen molar-refractivity contribution in [3.8, 4) is 5.75 Å². The second-order valence-corrected chi connectivity index (χ2v) is 4.35. The van der Waals surface area contributed by atoms with Crippen molar-refractivity contribution in [1.82, 2.24) is 10.6 Å². The van der Waals surface area contributed by atoms with Gasteiger partial charge in [0.15, 0.2) is 17.5 Å². The molecular weight excluding hydrogens is 283 g/mol. The lowest BCUT2D eigenvalue weighted by Crippen LogP contribution is -2.42. The molecule has 1 unspecified atom stereocenters. The number of rotatable bonds is 7. The molecule has 0 aliphatic heterocycles. The van der Waals surface area contributed by atoms with Crippen LogP contribution in [0, 0.1) is 5.82 Å². The number of guanidine groups is 1. The lowest BCUT2D eigenvalue weighted by atomic mass is 10.3. The first kappa shape index (κ1) is 17.1. The molecule has 2 N–H and O–H groups in total. The number of alkyl halides is 2. The molecule has 0 aromatic heterocycles. The Hall–Kier alpha value is -1.92. The van der Waals surface area contributed by atoms with E-state index in [9.17, 15) is 13.2 Å². The van der Waals surface area contributed by atoms with Gasteiger partial charge < -0.3 is 15.4 Å². The van der Waals surface area contributed by atoms with E-state index in [1.54, 1.807) is 19.1 Å². The van der Waals surface area contributed by atoms with Crippen molar-refractivity contribution in [2.75, 3.05) is 19.6 Å². The molecule has 0 saturated carbocycles. The van der Waals surface area contributed by atoms with Crippen molar-refractivity contribution in [3.63, 3.8) is 0 Å². The van der Waals surface area contributed by atoms with E-state index in [0.29, 0.717) is 13.1 Å². The van der Waals surface area contributed by atoms with Crippen molar-refractivity contribution >= 4 is 5.96 Å². The zero-order valence-corrected chi connectivity index (χ0v) is 12.1. The van der Waals surface area contributed by atoms with Crippen molar-refractivity contribution < 1.29 is 17.9 Å². The number of ether oxygens (including phenoxy) is 1. The molecule has 0 aliphatic carbocycles. The van der Waals surface area contributed by atoms with E-state index in [0.717, 1.165) is 0 Å². The summed E-state index contributed by atoms with van der Waals surface area (Å²) in [5.74, 6) is -0.00859. The summed E-state index contributed by atoms with van der Waals surface area (Å²) in [7, 11) is 0. The van der Waals surface area contributed by atoms with E-state index in [-0.39, 0.29) is 17.8 Å². The Morgan fingerprint density at radius 2 is 2.00 bits per heavy atom. The number of hydrogen-bond acceptors (Lipinski definition) is 2. The number of benzene rings is 1. The van der Waals surface area contributed by atoms with Gasteiger partial charge in [-0.05, 0) is 26.0 Å². The van der Waals surface area contributed by atoms with E-state index in [1.807, 2.05) is 6.92 Å². The van der Waals surface area contributed by atoms with Gasteiger partial charge in [0.25, 0.3) is 6.43 Å². The van der Waals surface area contributed by atoms with Gasteiger partial charge in [-0.3, -0.25) is 0 Å². The minimum Gasteiger partial charge on any atom is -0.486 e. The molecule has 0 fully saturated rings. The van der Waals surface area contributed by atoms with Crippen LogP contribution in [0.2, 0.25) is 0 Å². The summed E-state index contributed by atoms with van der Waals surface area (Å²) in [6.07, 6.45) is -2.84. The Morgan fingerprint density at radius 1 is 1.29 bits per heavy atom. The lowest BCUT2D eigenvalue weighted by Gasteiger charge is -2.18. The molecule has 21 heavy (non-hydrogen) atoms. The van der Waals surface area contributed by atoms with Gasteiger partial charge in [0.2, 0.25) is 0 Å². The average Bonchev–Trinajstić information content (AvgIpc) is 2.44. The van der Waals surface area contributed by atoms with Crippen molar-refractivity contribution in [1.29, 1.82) is 0 Å². The molecule has 0 spiro atoms. The molecule has 1 atom stereocenters. The topological polar surface area (TPSA) is 45.7 Å². The summed E-state index contributed by atoms with van der Waals surface area (Å²) in [6, 6.07) is 6.09. The number of para-hydroxylation sites is 1. The normalized spacial score (nSPS) is 13.1. The first-order valence-electron chi connectivity index (χ1n) is 6.74. The third-order valence-electron chi connectivity index (χ3n) is 2.45. The minimum absolute atomic E-state index is 0.154. The smallest absolute Gasteiger partial charge is 0.257 e. The summed E-state index contributed by atoms with van der Waals surface area (Å²) < 4.78 is 43.1. The van der Waals surface area contributed by atoms with E-state index >= 15 is 0 Å². The van der Waals surface area contributed by atoms with Crippen molar-refractivity contribution in [2.24, 2.45) is 4.99 Å². The highest BCUT2D eigenvalue weighted by atomic mass is 19.3. The fourth-order valence-electron chi connectivity index (χ4n) is 1.54. The van der Waals surface area contributed by atoms with Gasteiger partial charge in [0.1, 0.15) is 12.6 Å². The third-order valence-corrected chi connectivity index (χ3v) is 2.45. The van der Waals surface area contributed by atoms with Crippen LogP contribution in [0.3, 0.4) is 0 Å². The zero-order valence-electron chi connectivity index (χ0n) is 12.1. The Balaban J connectivity index is 2.47. The molecular formula is C14H20F3N3O. The molecule has 0 amide bonds. The minimum atomic E-state index is -2.49. The number of hydrogen-bond donors (Lipinski definition) is 2. The fraction of sp³-hybridized carbons (Fsp3) is 0.500. The number of aliphatic imine (C=N–C) groups is 1. The first-order chi connectivity index (χ1) is 10.0. The SMILES string of the molecule is CCNC(=NCC(F)F)NCC(C)Oc1ccccc1F. The van der Waals surface area contributed by atoms with Crippen molar-refractivity contribution in [3.05, 3.63) is 30.1 Å². The molecule has 0 heterocycles. The molecule has 1 aromatic carbocycles. The van der Waals surface area contributed by atoms with Crippen LogP contribution in [-0.2, 0) is 0 Å². The Bertz CT molecular complexity index is 455. The van der Waals surface area contributed by atoms with Gasteiger partial charge in [-0.25, -0.2) is 18.2 Å². The fourth-order valence-corrected chi connectivity index (χ4v) is 1.54. The van der Waals surface area contributed by atoms with Crippen LogP contribution in [-0.4, -0.2) is 38.1 Å². The van der Waals surface area contributed by atoms with Gasteiger partial charge in [0, 0.05) is 6.54 Å². The summed E-state index contributed by atoms with van der Waals surface area (Å²) >= 11 is 0. The lowest BCUT2D eigenvalue weighted by molar-refractivity contribution is 0.158. The molecule has 0 bridgehead atoms.